The Morgan fingerprint density at radius 2 is 2.23 bits per heavy atom. The SMILES string of the molecule is CC(Oc1cccc(CO)c1)C(=O)NCCc1ccc(Cl)s1. The minimum atomic E-state index is -0.596. The van der Waals surface area contributed by atoms with Gasteiger partial charge in [0.1, 0.15) is 5.75 Å². The van der Waals surface area contributed by atoms with Gasteiger partial charge in [-0.1, -0.05) is 23.7 Å². The number of carbonyl (C=O) groups excluding carboxylic acids is 1. The number of hydrogen-bond acceptors (Lipinski definition) is 4. The van der Waals surface area contributed by atoms with Crippen molar-refractivity contribution < 1.29 is 14.6 Å². The lowest BCUT2D eigenvalue weighted by Gasteiger charge is -2.15. The maximum Gasteiger partial charge on any atom is 0.260 e. The van der Waals surface area contributed by atoms with Crippen LogP contribution in [0.2, 0.25) is 4.34 Å². The average Bonchev–Trinajstić information content (AvgIpc) is 2.92. The Balaban J connectivity index is 1.78. The molecule has 1 heterocycles. The quantitative estimate of drug-likeness (QED) is 0.815. The van der Waals surface area contributed by atoms with Crippen LogP contribution in [0.15, 0.2) is 36.4 Å². The van der Waals surface area contributed by atoms with Gasteiger partial charge in [-0.15, -0.1) is 11.3 Å². The Morgan fingerprint density at radius 3 is 2.91 bits per heavy atom. The Kier molecular flexibility index (Phi) is 6.24. The Labute approximate surface area is 138 Å². The predicted molar refractivity (Wildman–Crippen MR) is 88.5 cm³/mol. The van der Waals surface area contributed by atoms with Crippen LogP contribution in [0, 0.1) is 0 Å². The van der Waals surface area contributed by atoms with Gasteiger partial charge in [0, 0.05) is 11.4 Å². The molecule has 6 heteroatoms. The fourth-order valence-electron chi connectivity index (χ4n) is 1.91. The van der Waals surface area contributed by atoms with E-state index < -0.39 is 6.10 Å². The summed E-state index contributed by atoms with van der Waals surface area (Å²) >= 11 is 7.37. The minimum absolute atomic E-state index is 0.0544. The number of halogens is 1. The number of thiophene rings is 1. The third-order valence-electron chi connectivity index (χ3n) is 3.06. The normalized spacial score (nSPS) is 12.0. The summed E-state index contributed by atoms with van der Waals surface area (Å²) in [5, 5.41) is 11.9. The third-order valence-corrected chi connectivity index (χ3v) is 4.35. The van der Waals surface area contributed by atoms with Crippen molar-refractivity contribution in [2.45, 2.75) is 26.1 Å². The number of rotatable bonds is 7. The van der Waals surface area contributed by atoms with Crippen LogP contribution in [0.25, 0.3) is 0 Å². The van der Waals surface area contributed by atoms with Gasteiger partial charge in [-0.05, 0) is 43.2 Å². The molecular weight excluding hydrogens is 322 g/mol. The highest BCUT2D eigenvalue weighted by molar-refractivity contribution is 7.16. The lowest BCUT2D eigenvalue weighted by Crippen LogP contribution is -2.37. The number of amides is 1. The maximum absolute atomic E-state index is 12.0. The molecule has 2 aromatic rings. The molecule has 1 atom stereocenters. The first-order chi connectivity index (χ1) is 10.6. The van der Waals surface area contributed by atoms with Crippen molar-refractivity contribution in [3.8, 4) is 5.75 Å². The van der Waals surface area contributed by atoms with Crippen LogP contribution in [0.4, 0.5) is 0 Å². The monoisotopic (exact) mass is 339 g/mol. The Morgan fingerprint density at radius 1 is 1.41 bits per heavy atom. The van der Waals surface area contributed by atoms with Gasteiger partial charge in [0.25, 0.3) is 5.91 Å². The summed E-state index contributed by atoms with van der Waals surface area (Å²) in [4.78, 5) is 13.1. The molecule has 2 N–H and O–H groups in total. The predicted octanol–water partition coefficient (Wildman–Crippen LogP) is 3.02. The van der Waals surface area contributed by atoms with Gasteiger partial charge in [0.05, 0.1) is 10.9 Å². The number of benzene rings is 1. The molecule has 0 aliphatic carbocycles. The number of aliphatic hydroxyl groups excluding tert-OH is 1. The third kappa shape index (κ3) is 5.02. The van der Waals surface area contributed by atoms with Crippen LogP contribution in [0.3, 0.4) is 0 Å². The molecule has 1 unspecified atom stereocenters. The van der Waals surface area contributed by atoms with Crippen molar-refractivity contribution in [1.29, 1.82) is 0 Å². The molecule has 4 nitrogen and oxygen atoms in total. The topological polar surface area (TPSA) is 58.6 Å². The fraction of sp³-hybridized carbons (Fsp3) is 0.312. The molecule has 0 aliphatic heterocycles. The molecule has 0 spiro atoms. The fourth-order valence-corrected chi connectivity index (χ4v) is 3.00. The zero-order chi connectivity index (χ0) is 15.9. The molecule has 1 amide bonds. The summed E-state index contributed by atoms with van der Waals surface area (Å²) in [6.07, 6.45) is 0.149. The second-order valence-corrected chi connectivity index (χ2v) is 6.61. The van der Waals surface area contributed by atoms with Crippen molar-refractivity contribution in [3.05, 3.63) is 51.2 Å². The van der Waals surface area contributed by atoms with Gasteiger partial charge in [-0.2, -0.15) is 0 Å². The first-order valence-electron chi connectivity index (χ1n) is 6.97. The van der Waals surface area contributed by atoms with Crippen LogP contribution in [-0.2, 0) is 17.8 Å². The van der Waals surface area contributed by atoms with E-state index in [1.165, 1.54) is 11.3 Å². The first kappa shape index (κ1) is 16.8. The lowest BCUT2D eigenvalue weighted by molar-refractivity contribution is -0.127. The summed E-state index contributed by atoms with van der Waals surface area (Å²) in [7, 11) is 0. The van der Waals surface area contributed by atoms with Crippen molar-refractivity contribution >= 4 is 28.8 Å². The highest BCUT2D eigenvalue weighted by atomic mass is 35.5. The second kappa shape index (κ2) is 8.17. The van der Waals surface area contributed by atoms with Gasteiger partial charge < -0.3 is 15.2 Å². The van der Waals surface area contributed by atoms with Crippen LogP contribution >= 0.6 is 22.9 Å². The van der Waals surface area contributed by atoms with Crippen molar-refractivity contribution in [1.82, 2.24) is 5.32 Å². The molecule has 1 aromatic carbocycles. The summed E-state index contributed by atoms with van der Waals surface area (Å²) < 4.78 is 6.34. The van der Waals surface area contributed by atoms with Gasteiger partial charge in [0.15, 0.2) is 6.10 Å². The summed E-state index contributed by atoms with van der Waals surface area (Å²) in [6, 6.07) is 10.9. The summed E-state index contributed by atoms with van der Waals surface area (Å²) in [5.41, 5.74) is 0.750. The largest absolute Gasteiger partial charge is 0.481 e. The Hall–Kier alpha value is -1.56. The Bertz CT molecular complexity index is 629. The lowest BCUT2D eigenvalue weighted by atomic mass is 10.2. The van der Waals surface area contributed by atoms with Crippen LogP contribution in [0.5, 0.6) is 5.75 Å². The minimum Gasteiger partial charge on any atom is -0.481 e. The van der Waals surface area contributed by atoms with Gasteiger partial charge in [-0.25, -0.2) is 0 Å². The van der Waals surface area contributed by atoms with E-state index in [9.17, 15) is 4.79 Å². The van der Waals surface area contributed by atoms with Crippen LogP contribution in [-0.4, -0.2) is 23.7 Å². The number of ether oxygens (including phenoxy) is 1. The molecule has 1 aromatic heterocycles. The smallest absolute Gasteiger partial charge is 0.260 e. The van der Waals surface area contributed by atoms with Crippen molar-refractivity contribution in [2.24, 2.45) is 0 Å². The molecule has 2 rings (SSSR count). The molecule has 0 saturated carbocycles. The first-order valence-corrected chi connectivity index (χ1v) is 8.16. The molecule has 0 radical (unpaired) electrons. The highest BCUT2D eigenvalue weighted by Crippen LogP contribution is 2.21. The molecule has 118 valence electrons. The number of hydrogen-bond donors (Lipinski definition) is 2. The van der Waals surface area contributed by atoms with E-state index in [1.54, 1.807) is 31.2 Å². The van der Waals surface area contributed by atoms with Gasteiger partial charge in [0.2, 0.25) is 0 Å². The van der Waals surface area contributed by atoms with Crippen molar-refractivity contribution in [2.75, 3.05) is 6.54 Å². The van der Waals surface area contributed by atoms with E-state index in [2.05, 4.69) is 5.32 Å². The van der Waals surface area contributed by atoms with Gasteiger partial charge >= 0.3 is 0 Å². The highest BCUT2D eigenvalue weighted by Gasteiger charge is 2.14. The molecular formula is C16H18ClNO3S. The molecule has 22 heavy (non-hydrogen) atoms. The van der Waals surface area contributed by atoms with E-state index in [0.29, 0.717) is 12.3 Å². The van der Waals surface area contributed by atoms with E-state index in [1.807, 2.05) is 12.1 Å². The molecule has 0 bridgehead atoms. The maximum atomic E-state index is 12.0. The molecule has 0 fully saturated rings. The van der Waals surface area contributed by atoms with E-state index in [-0.39, 0.29) is 12.5 Å². The number of nitrogens with one attached hydrogen (secondary N) is 1. The number of carbonyl (C=O) groups is 1. The zero-order valence-corrected chi connectivity index (χ0v) is 13.8. The summed E-state index contributed by atoms with van der Waals surface area (Å²) in [6.45, 7) is 2.18. The van der Waals surface area contributed by atoms with E-state index >= 15 is 0 Å². The van der Waals surface area contributed by atoms with E-state index in [4.69, 9.17) is 21.4 Å². The van der Waals surface area contributed by atoms with Crippen LogP contribution in [0.1, 0.15) is 17.4 Å². The zero-order valence-electron chi connectivity index (χ0n) is 12.2. The van der Waals surface area contributed by atoms with Crippen molar-refractivity contribution in [3.63, 3.8) is 0 Å². The average molecular weight is 340 g/mol. The standard InChI is InChI=1S/C16H18ClNO3S/c1-11(21-13-4-2-3-12(9-13)10-19)16(20)18-8-7-14-5-6-15(17)22-14/h2-6,9,11,19H,7-8,10H2,1H3,(H,18,20). The van der Waals surface area contributed by atoms with E-state index in [0.717, 1.165) is 21.2 Å². The van der Waals surface area contributed by atoms with Gasteiger partial charge in [-0.3, -0.25) is 4.79 Å². The molecule has 0 saturated heterocycles. The molecule has 0 aliphatic rings. The second-order valence-electron chi connectivity index (χ2n) is 4.81. The number of aliphatic hydroxyl groups is 1. The van der Waals surface area contributed by atoms with Crippen LogP contribution < -0.4 is 10.1 Å². The summed E-state index contributed by atoms with van der Waals surface area (Å²) in [5.74, 6) is 0.399.